The Balaban J connectivity index is 1.33. The minimum atomic E-state index is 0.602. The van der Waals surface area contributed by atoms with Gasteiger partial charge in [-0.25, -0.2) is 0 Å². The monoisotopic (exact) mass is 614 g/mol. The molecule has 0 saturated carbocycles. The van der Waals surface area contributed by atoms with Gasteiger partial charge in [-0.3, -0.25) is 0 Å². The average Bonchev–Trinajstić information content (AvgIpc) is 3.80. The third-order valence-electron chi connectivity index (χ3n) is 9.34. The van der Waals surface area contributed by atoms with E-state index in [1.54, 1.807) is 6.08 Å². The van der Waals surface area contributed by atoms with Gasteiger partial charge in [0.1, 0.15) is 28.4 Å². The molecule has 0 bridgehead atoms. The first-order chi connectivity index (χ1) is 23.7. The summed E-state index contributed by atoms with van der Waals surface area (Å²) in [6.45, 7) is 2.01. The van der Waals surface area contributed by atoms with Crippen LogP contribution in [0.2, 0.25) is 0 Å². The molecule has 0 N–H and O–H groups in total. The Bertz CT molecular complexity index is 2880. The summed E-state index contributed by atoms with van der Waals surface area (Å²) in [6.07, 6.45) is 11.2. The van der Waals surface area contributed by atoms with Crippen LogP contribution in [-0.4, -0.2) is 4.57 Å². The maximum Gasteiger partial charge on any atom is 0.136 e. The number of benzene rings is 6. The Morgan fingerprint density at radius 1 is 0.688 bits per heavy atom. The topological polar surface area (TPSA) is 55.0 Å². The summed E-state index contributed by atoms with van der Waals surface area (Å²) in [5, 5.41) is 16.7. The van der Waals surface area contributed by atoms with E-state index in [1.165, 1.54) is 0 Å². The van der Waals surface area contributed by atoms with Gasteiger partial charge in [-0.2, -0.15) is 5.26 Å². The predicted octanol–water partition coefficient (Wildman–Crippen LogP) is 11.7. The fraction of sp³-hybridized carbons (Fsp3) is 0.0227. The molecule has 0 atom stereocenters. The Hall–Kier alpha value is -6.75. The highest BCUT2D eigenvalue weighted by molar-refractivity contribution is 6.26. The second kappa shape index (κ2) is 10.7. The third-order valence-corrected chi connectivity index (χ3v) is 9.34. The number of furan rings is 2. The number of hydrogen-bond acceptors (Lipinski definition) is 3. The first-order valence-corrected chi connectivity index (χ1v) is 15.8. The molecule has 0 radical (unpaired) electrons. The van der Waals surface area contributed by atoms with Crippen molar-refractivity contribution >= 4 is 71.3 Å². The fourth-order valence-electron chi connectivity index (χ4n) is 7.25. The number of fused-ring (bicyclic) bond motifs is 10. The van der Waals surface area contributed by atoms with Crippen LogP contribution in [0.3, 0.4) is 0 Å². The number of allylic oxidation sites excluding steroid dienone is 4. The van der Waals surface area contributed by atoms with E-state index < -0.39 is 0 Å². The second-order valence-corrected chi connectivity index (χ2v) is 11.9. The maximum atomic E-state index is 10.4. The first-order valence-electron chi connectivity index (χ1n) is 15.8. The van der Waals surface area contributed by atoms with Crippen molar-refractivity contribution in [1.82, 2.24) is 4.57 Å². The Labute approximate surface area is 276 Å². The van der Waals surface area contributed by atoms with Crippen molar-refractivity contribution in [3.63, 3.8) is 0 Å². The maximum absolute atomic E-state index is 10.4. The standard InChI is InChI=1S/C44H26N2O2/c1-3-5-11-27(4-2)28-18-20-38-34(24-28)42-40(47-38)22-23-41-43(42)35-25-29(19-21-39(35)48-41)31-15-10-12-30(26-45)44(31)46-36-16-8-6-13-32(36)33-14-7-9-17-37(33)46/h1,4-25H,2H3/b11-5-,27-4+. The molecular formula is C44H26N2O2. The molecule has 3 aromatic heterocycles. The van der Waals surface area contributed by atoms with Crippen LogP contribution >= 0.6 is 0 Å². The number of para-hydroxylation sites is 3. The minimum absolute atomic E-state index is 0.602. The molecule has 0 amide bonds. The summed E-state index contributed by atoms with van der Waals surface area (Å²) in [5.41, 5.74) is 10.8. The van der Waals surface area contributed by atoms with Crippen LogP contribution in [0.5, 0.6) is 0 Å². The van der Waals surface area contributed by atoms with Gasteiger partial charge in [0.2, 0.25) is 0 Å². The summed E-state index contributed by atoms with van der Waals surface area (Å²) in [5.74, 6) is 2.59. The number of aromatic nitrogens is 1. The summed E-state index contributed by atoms with van der Waals surface area (Å²) >= 11 is 0. The van der Waals surface area contributed by atoms with Gasteiger partial charge in [0.15, 0.2) is 0 Å². The molecule has 4 nitrogen and oxygen atoms in total. The zero-order valence-corrected chi connectivity index (χ0v) is 26.0. The lowest BCUT2D eigenvalue weighted by Gasteiger charge is -2.16. The van der Waals surface area contributed by atoms with E-state index in [4.69, 9.17) is 15.3 Å². The number of terminal acetylenes is 1. The highest BCUT2D eigenvalue weighted by atomic mass is 16.3. The first kappa shape index (κ1) is 27.6. The van der Waals surface area contributed by atoms with E-state index >= 15 is 0 Å². The molecule has 6 aromatic carbocycles. The van der Waals surface area contributed by atoms with Crippen LogP contribution in [0.25, 0.3) is 88.1 Å². The molecule has 9 aromatic rings. The fourth-order valence-corrected chi connectivity index (χ4v) is 7.25. The van der Waals surface area contributed by atoms with Crippen molar-refractivity contribution in [3.05, 3.63) is 145 Å². The molecular weight excluding hydrogens is 588 g/mol. The van der Waals surface area contributed by atoms with Crippen molar-refractivity contribution in [1.29, 1.82) is 5.26 Å². The number of hydrogen-bond donors (Lipinski definition) is 0. The van der Waals surface area contributed by atoms with Crippen LogP contribution in [0.1, 0.15) is 18.1 Å². The van der Waals surface area contributed by atoms with E-state index in [2.05, 4.69) is 89.4 Å². The SMILES string of the molecule is C#C/C=C\C(=C/C)c1ccc2oc3ccc4oc5ccc(-c6cccc(C#N)c6-n6c7ccccc7c7ccccc76)cc5c4c3c2c1. The highest BCUT2D eigenvalue weighted by Crippen LogP contribution is 2.43. The van der Waals surface area contributed by atoms with Crippen LogP contribution in [0, 0.1) is 23.7 Å². The molecule has 0 saturated heterocycles. The van der Waals surface area contributed by atoms with Gasteiger partial charge in [0.25, 0.3) is 0 Å². The van der Waals surface area contributed by atoms with Crippen LogP contribution in [0.4, 0.5) is 0 Å². The molecule has 3 heterocycles. The molecule has 0 aliphatic heterocycles. The molecule has 48 heavy (non-hydrogen) atoms. The molecule has 0 fully saturated rings. The third kappa shape index (κ3) is 3.97. The van der Waals surface area contributed by atoms with Crippen molar-refractivity contribution in [2.45, 2.75) is 6.92 Å². The summed E-state index contributed by atoms with van der Waals surface area (Å²) in [4.78, 5) is 0. The van der Waals surface area contributed by atoms with E-state index in [9.17, 15) is 5.26 Å². The normalized spacial score (nSPS) is 12.3. The van der Waals surface area contributed by atoms with E-state index in [0.717, 1.165) is 93.6 Å². The van der Waals surface area contributed by atoms with E-state index in [1.807, 2.05) is 61.5 Å². The van der Waals surface area contributed by atoms with E-state index in [-0.39, 0.29) is 0 Å². The van der Waals surface area contributed by atoms with Gasteiger partial charge in [0.05, 0.1) is 22.3 Å². The Morgan fingerprint density at radius 2 is 1.31 bits per heavy atom. The van der Waals surface area contributed by atoms with Crippen LogP contribution < -0.4 is 0 Å². The molecule has 4 heteroatoms. The molecule has 9 rings (SSSR count). The Kier molecular flexibility index (Phi) is 6.12. The molecule has 0 aliphatic rings. The number of nitriles is 1. The highest BCUT2D eigenvalue weighted by Gasteiger charge is 2.21. The Morgan fingerprint density at radius 3 is 1.96 bits per heavy atom. The average molecular weight is 615 g/mol. The van der Waals surface area contributed by atoms with Gasteiger partial charge in [-0.05, 0) is 90.4 Å². The van der Waals surface area contributed by atoms with Crippen LogP contribution in [0.15, 0.2) is 142 Å². The van der Waals surface area contributed by atoms with Crippen molar-refractivity contribution in [2.24, 2.45) is 0 Å². The predicted molar refractivity (Wildman–Crippen MR) is 197 cm³/mol. The minimum Gasteiger partial charge on any atom is -0.456 e. The molecule has 224 valence electrons. The van der Waals surface area contributed by atoms with Crippen molar-refractivity contribution < 1.29 is 8.83 Å². The zero-order chi connectivity index (χ0) is 32.4. The molecule has 0 unspecified atom stereocenters. The molecule has 0 spiro atoms. The van der Waals surface area contributed by atoms with Crippen molar-refractivity contribution in [3.8, 4) is 35.2 Å². The lowest BCUT2D eigenvalue weighted by atomic mass is 9.96. The van der Waals surface area contributed by atoms with E-state index in [0.29, 0.717) is 5.56 Å². The van der Waals surface area contributed by atoms with Gasteiger partial charge in [-0.15, -0.1) is 6.42 Å². The quantitative estimate of drug-likeness (QED) is 0.146. The second-order valence-electron chi connectivity index (χ2n) is 11.9. The van der Waals surface area contributed by atoms with Crippen molar-refractivity contribution in [2.75, 3.05) is 0 Å². The smallest absolute Gasteiger partial charge is 0.136 e. The summed E-state index contributed by atoms with van der Waals surface area (Å²) < 4.78 is 15.0. The lowest BCUT2D eigenvalue weighted by Crippen LogP contribution is -2.00. The van der Waals surface area contributed by atoms with Crippen LogP contribution in [-0.2, 0) is 0 Å². The van der Waals surface area contributed by atoms with Gasteiger partial charge in [0, 0.05) is 37.9 Å². The number of nitrogens with zero attached hydrogens (tertiary/aromatic N) is 2. The van der Waals surface area contributed by atoms with Gasteiger partial charge < -0.3 is 13.4 Å². The largest absolute Gasteiger partial charge is 0.456 e. The number of rotatable bonds is 4. The van der Waals surface area contributed by atoms with Gasteiger partial charge in [-0.1, -0.05) is 72.7 Å². The molecule has 0 aliphatic carbocycles. The lowest BCUT2D eigenvalue weighted by molar-refractivity contribution is 0.663. The zero-order valence-electron chi connectivity index (χ0n) is 26.0. The summed E-state index contributed by atoms with van der Waals surface area (Å²) in [6, 6.07) is 41.7. The summed E-state index contributed by atoms with van der Waals surface area (Å²) in [7, 11) is 0. The van der Waals surface area contributed by atoms with Gasteiger partial charge >= 0.3 is 0 Å².